The van der Waals surface area contributed by atoms with Crippen LogP contribution in [0.5, 0.6) is 0 Å². The fourth-order valence-corrected chi connectivity index (χ4v) is 0. The van der Waals surface area contributed by atoms with Crippen molar-refractivity contribution in [3.05, 3.63) is 0 Å². The lowest BCUT2D eigenvalue weighted by Crippen LogP contribution is -2.15. The quantitative estimate of drug-likeness (QED) is 0.465. The number of ketones is 1. The molecule has 1 heteroatoms. The summed E-state index contributed by atoms with van der Waals surface area (Å²) in [5.74, 6) is -2.31. The van der Waals surface area contributed by atoms with Crippen LogP contribution in [0.15, 0.2) is 0 Å². The summed E-state index contributed by atoms with van der Waals surface area (Å²) in [5, 5.41) is 0. The zero-order valence-electron chi connectivity index (χ0n) is 15.4. The predicted octanol–water partition coefficient (Wildman–Crippen LogP) is 1.62. The van der Waals surface area contributed by atoms with E-state index in [0.29, 0.717) is 0 Å². The third-order valence-electron chi connectivity index (χ3n) is 0.341. The topological polar surface area (TPSA) is 17.1 Å². The van der Waals surface area contributed by atoms with E-state index in [1.165, 1.54) is 0 Å². The second-order valence-electron chi connectivity index (χ2n) is 1.08. The zero-order chi connectivity index (χ0) is 16.1. The second-order valence-corrected chi connectivity index (χ2v) is 1.08. The molecule has 0 unspecified atom stereocenters. The van der Waals surface area contributed by atoms with Crippen molar-refractivity contribution in [2.45, 2.75) is 27.4 Å². The molecule has 0 aliphatic rings. The lowest BCUT2D eigenvalue weighted by atomic mass is 9.92. The van der Waals surface area contributed by atoms with Crippen LogP contribution in [-0.2, 0) is 4.79 Å². The first-order valence-corrected chi connectivity index (χ1v) is 1.45. The van der Waals surface area contributed by atoms with Gasteiger partial charge in [0.15, 0.2) is 0 Å². The van der Waals surface area contributed by atoms with Crippen LogP contribution >= 0.6 is 0 Å². The summed E-state index contributed by atoms with van der Waals surface area (Å²) in [6, 6.07) is 0. The molecule has 0 radical (unpaired) electrons. The van der Waals surface area contributed by atoms with Crippen LogP contribution in [0.4, 0.5) is 0 Å². The molecule has 0 rings (SSSR count). The summed E-state index contributed by atoms with van der Waals surface area (Å²) in [6.45, 7) is -15.1. The van der Waals surface area contributed by atoms with Crippen molar-refractivity contribution in [1.82, 2.24) is 0 Å². The summed E-state index contributed by atoms with van der Waals surface area (Å²) in [7, 11) is 0. The third kappa shape index (κ3) is 2.38. The van der Waals surface area contributed by atoms with Gasteiger partial charge < -0.3 is 0 Å². The second kappa shape index (κ2) is 1.65. The molecule has 0 aromatic heterocycles. The molecule has 0 aliphatic carbocycles. The molecule has 0 bridgehead atoms. The van der Waals surface area contributed by atoms with Gasteiger partial charge >= 0.3 is 0 Å². The van der Waals surface area contributed by atoms with Gasteiger partial charge in [0, 0.05) is 21.9 Å². The van der Waals surface area contributed by atoms with Crippen molar-refractivity contribution in [2.24, 2.45) is 5.41 Å². The lowest BCUT2D eigenvalue weighted by Gasteiger charge is -2.11. The smallest absolute Gasteiger partial charge is 0.135 e. The molecule has 0 aliphatic heterocycles. The zero-order valence-corrected chi connectivity index (χ0v) is 3.41. The minimum absolute atomic E-state index is 2.31. The molecule has 0 aromatic carbocycles. The average molecular weight is 112 g/mol. The monoisotopic (exact) mass is 112 g/mol. The molecule has 0 aromatic rings. The Morgan fingerprint density at radius 1 is 1.57 bits per heavy atom. The fourth-order valence-electron chi connectivity index (χ4n) is 0. The molecular formula is C6H12O. The normalized spacial score (nSPS) is 44.0. The van der Waals surface area contributed by atoms with Crippen molar-refractivity contribution in [1.29, 1.82) is 0 Å². The van der Waals surface area contributed by atoms with Crippen LogP contribution in [0, 0.1) is 5.41 Å². The number of carbonyl (C=O) groups is 1. The van der Waals surface area contributed by atoms with Crippen LogP contribution in [-0.4, -0.2) is 5.78 Å². The van der Waals surface area contributed by atoms with Gasteiger partial charge in [-0.2, -0.15) is 0 Å². The SMILES string of the molecule is [2H]C([2H])([2H])C(=O)C(C([2H])([2H])[2H])(C([2H])([2H])[2H])C([2H])([2H])[2H]. The Bertz CT molecular complexity index is 314. The molecule has 0 spiro atoms. The van der Waals surface area contributed by atoms with Crippen LogP contribution in [0.25, 0.3) is 0 Å². The molecule has 0 heterocycles. The van der Waals surface area contributed by atoms with Gasteiger partial charge in [-0.3, -0.25) is 4.79 Å². The van der Waals surface area contributed by atoms with Gasteiger partial charge in [-0.25, -0.2) is 0 Å². The number of hydrogen-bond acceptors (Lipinski definition) is 1. The van der Waals surface area contributed by atoms with E-state index in [4.69, 9.17) is 16.4 Å². The van der Waals surface area contributed by atoms with Gasteiger partial charge in [-0.1, -0.05) is 20.6 Å². The first-order valence-electron chi connectivity index (χ1n) is 7.45. The van der Waals surface area contributed by atoms with E-state index < -0.39 is 38.6 Å². The number of Topliss-reactive ketones (excluding diaryl/α,β-unsaturated/α-hetero) is 1. The third-order valence-corrected chi connectivity index (χ3v) is 0.341. The van der Waals surface area contributed by atoms with Gasteiger partial charge in [0.2, 0.25) is 0 Å². The van der Waals surface area contributed by atoms with E-state index in [0.717, 1.165) is 0 Å². The summed E-state index contributed by atoms with van der Waals surface area (Å²) in [6.07, 6.45) is 0. The maximum absolute atomic E-state index is 11.8. The van der Waals surface area contributed by atoms with Crippen molar-refractivity contribution >= 4 is 5.78 Å². The van der Waals surface area contributed by atoms with Gasteiger partial charge in [0.1, 0.15) is 5.78 Å². The van der Waals surface area contributed by atoms with Crippen LogP contribution in [0.3, 0.4) is 0 Å². The lowest BCUT2D eigenvalue weighted by molar-refractivity contribution is -0.124. The summed E-state index contributed by atoms with van der Waals surface area (Å²) in [5.41, 5.74) is -3.95. The molecule has 1 nitrogen and oxygen atoms in total. The summed E-state index contributed by atoms with van der Waals surface area (Å²) >= 11 is 0. The van der Waals surface area contributed by atoms with E-state index >= 15 is 0 Å². The largest absolute Gasteiger partial charge is 0.299 e. The van der Waals surface area contributed by atoms with Crippen LogP contribution in [0.2, 0.25) is 0 Å². The molecule has 0 amide bonds. The van der Waals surface area contributed by atoms with E-state index in [1.807, 2.05) is 0 Å². The maximum Gasteiger partial charge on any atom is 0.135 e. The van der Waals surface area contributed by atoms with Gasteiger partial charge in [-0.15, -0.1) is 0 Å². The number of carbonyl (C=O) groups excluding carboxylic acids is 1. The van der Waals surface area contributed by atoms with E-state index in [1.54, 1.807) is 0 Å². The Hall–Kier alpha value is -0.330. The van der Waals surface area contributed by atoms with Gasteiger partial charge in [-0.05, 0) is 6.85 Å². The number of rotatable bonds is 0. The molecule has 0 saturated carbocycles. The Morgan fingerprint density at radius 3 is 2.29 bits per heavy atom. The van der Waals surface area contributed by atoms with Crippen LogP contribution in [0.1, 0.15) is 43.9 Å². The molecular weight excluding hydrogens is 88.1 g/mol. The molecule has 0 atom stereocenters. The maximum atomic E-state index is 11.8. The molecule has 7 heavy (non-hydrogen) atoms. The molecule has 42 valence electrons. The van der Waals surface area contributed by atoms with Gasteiger partial charge in [0.05, 0.1) is 0 Å². The summed E-state index contributed by atoms with van der Waals surface area (Å²) < 4.78 is 84.5. The molecule has 0 N–H and O–H groups in total. The first-order chi connectivity index (χ1) is 7.90. The number of hydrogen-bond donors (Lipinski definition) is 0. The van der Waals surface area contributed by atoms with Crippen molar-refractivity contribution in [3.8, 4) is 0 Å². The summed E-state index contributed by atoms with van der Waals surface area (Å²) in [4.78, 5) is 11.8. The van der Waals surface area contributed by atoms with E-state index in [2.05, 4.69) is 0 Å². The van der Waals surface area contributed by atoms with E-state index in [9.17, 15) is 4.79 Å². The van der Waals surface area contributed by atoms with Crippen molar-refractivity contribution in [2.75, 3.05) is 0 Å². The van der Waals surface area contributed by atoms with E-state index in [-0.39, 0.29) is 0 Å². The average Bonchev–Trinajstić information content (AvgIpc) is 1.92. The highest BCUT2D eigenvalue weighted by Gasteiger charge is 2.14. The fraction of sp³-hybridized carbons (Fsp3) is 0.833. The van der Waals surface area contributed by atoms with Crippen molar-refractivity contribution in [3.63, 3.8) is 0 Å². The van der Waals surface area contributed by atoms with Crippen LogP contribution < -0.4 is 0 Å². The highest BCUT2D eigenvalue weighted by Crippen LogP contribution is 2.12. The van der Waals surface area contributed by atoms with Gasteiger partial charge in [0.25, 0.3) is 0 Å². The molecule has 0 fully saturated rings. The van der Waals surface area contributed by atoms with Crippen molar-refractivity contribution < 1.29 is 21.2 Å². The minimum Gasteiger partial charge on any atom is -0.299 e. The highest BCUT2D eigenvalue weighted by molar-refractivity contribution is 5.80. The highest BCUT2D eigenvalue weighted by atomic mass is 16.1. The first kappa shape index (κ1) is 0.687. The predicted molar refractivity (Wildman–Crippen MR) is 30.1 cm³/mol. The Morgan fingerprint density at radius 2 is 2.14 bits per heavy atom. The Kier molecular flexibility index (Phi) is 0.161. The Balaban J connectivity index is 6.55. The Labute approximate surface area is 61.6 Å². The molecule has 0 saturated heterocycles. The minimum atomic E-state index is -3.95. The standard InChI is InChI=1S/C6H12O/c1-5(7)6(2,3)4/h1-4H3/i1D3,2D3,3D3,4D3.